The van der Waals surface area contributed by atoms with Crippen LogP contribution in [0.1, 0.15) is 32.6 Å². The van der Waals surface area contributed by atoms with E-state index in [9.17, 15) is 8.42 Å². The minimum absolute atomic E-state index is 0.0749. The van der Waals surface area contributed by atoms with Gasteiger partial charge in [-0.1, -0.05) is 12.8 Å². The molecular weight excluding hydrogens is 368 g/mol. The molecule has 3 N–H and O–H groups in total. The first-order chi connectivity index (χ1) is 10.5. The lowest BCUT2D eigenvalue weighted by molar-refractivity contribution is 0.296. The second-order valence-electron chi connectivity index (χ2n) is 5.53. The Kier molecular flexibility index (Phi) is 6.26. The molecule has 0 aromatic heterocycles. The molecule has 0 radical (unpaired) electrons. The van der Waals surface area contributed by atoms with Gasteiger partial charge in [-0.05, 0) is 66.4 Å². The maximum Gasteiger partial charge on any atom is 0.240 e. The number of benzene rings is 1. The van der Waals surface area contributed by atoms with E-state index < -0.39 is 10.0 Å². The van der Waals surface area contributed by atoms with Crippen LogP contribution in [-0.2, 0) is 10.0 Å². The Morgan fingerprint density at radius 1 is 1.36 bits per heavy atom. The molecule has 0 aliphatic heterocycles. The molecule has 0 saturated heterocycles. The van der Waals surface area contributed by atoms with Crippen molar-refractivity contribution in [2.45, 2.75) is 43.5 Å². The SMILES string of the molecule is CCOc1ccc(S(=O)(=O)NC2CCCCC2CN)cc1Br. The van der Waals surface area contributed by atoms with Crippen LogP contribution in [0.25, 0.3) is 0 Å². The average molecular weight is 391 g/mol. The Hall–Kier alpha value is -0.630. The Labute approximate surface area is 140 Å². The van der Waals surface area contributed by atoms with Crippen molar-refractivity contribution in [3.8, 4) is 5.75 Å². The number of hydrogen-bond donors (Lipinski definition) is 2. The highest BCUT2D eigenvalue weighted by Gasteiger charge is 2.28. The molecular formula is C15H23BrN2O3S. The molecule has 1 aromatic rings. The maximum absolute atomic E-state index is 12.6. The predicted molar refractivity (Wildman–Crippen MR) is 90.4 cm³/mol. The molecule has 0 heterocycles. The van der Waals surface area contributed by atoms with Crippen molar-refractivity contribution in [1.29, 1.82) is 0 Å². The number of nitrogens with one attached hydrogen (secondary N) is 1. The van der Waals surface area contributed by atoms with Crippen molar-refractivity contribution in [2.75, 3.05) is 13.2 Å². The van der Waals surface area contributed by atoms with E-state index in [2.05, 4.69) is 20.7 Å². The van der Waals surface area contributed by atoms with Crippen LogP contribution in [0.3, 0.4) is 0 Å². The van der Waals surface area contributed by atoms with Gasteiger partial charge in [-0.3, -0.25) is 0 Å². The number of ether oxygens (including phenoxy) is 1. The summed E-state index contributed by atoms with van der Waals surface area (Å²) >= 11 is 3.35. The third-order valence-corrected chi connectivity index (χ3v) is 6.14. The summed E-state index contributed by atoms with van der Waals surface area (Å²) in [6.45, 7) is 2.93. The molecule has 1 aliphatic carbocycles. The lowest BCUT2D eigenvalue weighted by Crippen LogP contribution is -2.44. The normalized spacial score (nSPS) is 22.5. The highest BCUT2D eigenvalue weighted by atomic mass is 79.9. The van der Waals surface area contributed by atoms with Crippen LogP contribution in [0.5, 0.6) is 5.75 Å². The van der Waals surface area contributed by atoms with E-state index >= 15 is 0 Å². The zero-order valence-electron chi connectivity index (χ0n) is 12.7. The molecule has 1 aliphatic rings. The van der Waals surface area contributed by atoms with Crippen LogP contribution in [0.4, 0.5) is 0 Å². The van der Waals surface area contributed by atoms with Crippen LogP contribution in [0.2, 0.25) is 0 Å². The quantitative estimate of drug-likeness (QED) is 0.781. The fraction of sp³-hybridized carbons (Fsp3) is 0.600. The van der Waals surface area contributed by atoms with E-state index in [1.54, 1.807) is 18.2 Å². The van der Waals surface area contributed by atoms with E-state index in [0.29, 0.717) is 23.4 Å². The van der Waals surface area contributed by atoms with Gasteiger partial charge in [0.25, 0.3) is 0 Å². The van der Waals surface area contributed by atoms with Crippen LogP contribution < -0.4 is 15.2 Å². The predicted octanol–water partition coefficient (Wildman–Crippen LogP) is 2.64. The van der Waals surface area contributed by atoms with Gasteiger partial charge >= 0.3 is 0 Å². The topological polar surface area (TPSA) is 81.4 Å². The Bertz CT molecular complexity index is 607. The van der Waals surface area contributed by atoms with Crippen molar-refractivity contribution in [3.63, 3.8) is 0 Å². The van der Waals surface area contributed by atoms with Crippen molar-refractivity contribution >= 4 is 26.0 Å². The van der Waals surface area contributed by atoms with Crippen LogP contribution in [-0.4, -0.2) is 27.6 Å². The molecule has 5 nitrogen and oxygen atoms in total. The van der Waals surface area contributed by atoms with Gasteiger partial charge in [-0.25, -0.2) is 13.1 Å². The highest BCUT2D eigenvalue weighted by Crippen LogP contribution is 2.29. The smallest absolute Gasteiger partial charge is 0.240 e. The van der Waals surface area contributed by atoms with E-state index in [4.69, 9.17) is 10.5 Å². The minimum Gasteiger partial charge on any atom is -0.493 e. The van der Waals surface area contributed by atoms with Crippen molar-refractivity contribution in [2.24, 2.45) is 11.7 Å². The molecule has 1 aromatic carbocycles. The van der Waals surface area contributed by atoms with Crippen molar-refractivity contribution < 1.29 is 13.2 Å². The van der Waals surface area contributed by atoms with Gasteiger partial charge in [0.1, 0.15) is 5.75 Å². The zero-order valence-corrected chi connectivity index (χ0v) is 15.1. The summed E-state index contributed by atoms with van der Waals surface area (Å²) in [7, 11) is -3.55. The highest BCUT2D eigenvalue weighted by molar-refractivity contribution is 9.10. The molecule has 1 saturated carbocycles. The first kappa shape index (κ1) is 17.7. The largest absolute Gasteiger partial charge is 0.493 e. The molecule has 2 atom stereocenters. The number of hydrogen-bond acceptors (Lipinski definition) is 4. The Balaban J connectivity index is 2.17. The lowest BCUT2D eigenvalue weighted by Gasteiger charge is -2.31. The van der Waals surface area contributed by atoms with Gasteiger partial charge in [0.15, 0.2) is 0 Å². The summed E-state index contributed by atoms with van der Waals surface area (Å²) in [6, 6.07) is 4.74. The fourth-order valence-corrected chi connectivity index (χ4v) is 4.84. The molecule has 2 unspecified atom stereocenters. The van der Waals surface area contributed by atoms with Crippen molar-refractivity contribution in [3.05, 3.63) is 22.7 Å². The average Bonchev–Trinajstić information content (AvgIpc) is 2.49. The van der Waals surface area contributed by atoms with Crippen LogP contribution in [0.15, 0.2) is 27.6 Å². The van der Waals surface area contributed by atoms with Gasteiger partial charge in [-0.2, -0.15) is 0 Å². The van der Waals surface area contributed by atoms with Gasteiger partial charge in [0.05, 0.1) is 16.0 Å². The second-order valence-corrected chi connectivity index (χ2v) is 8.10. The summed E-state index contributed by atoms with van der Waals surface area (Å²) in [6.07, 6.45) is 3.99. The van der Waals surface area contributed by atoms with E-state index in [-0.39, 0.29) is 16.9 Å². The molecule has 0 amide bonds. The summed E-state index contributed by atoms with van der Waals surface area (Å²) in [5.41, 5.74) is 5.77. The van der Waals surface area contributed by atoms with E-state index in [1.165, 1.54) is 0 Å². The third-order valence-electron chi connectivity index (χ3n) is 4.03. The fourth-order valence-electron chi connectivity index (χ4n) is 2.83. The van der Waals surface area contributed by atoms with Crippen molar-refractivity contribution in [1.82, 2.24) is 4.72 Å². The minimum atomic E-state index is -3.55. The van der Waals surface area contributed by atoms with Crippen LogP contribution >= 0.6 is 15.9 Å². The van der Waals surface area contributed by atoms with Gasteiger partial charge in [0.2, 0.25) is 10.0 Å². The molecule has 2 rings (SSSR count). The van der Waals surface area contributed by atoms with E-state index in [0.717, 1.165) is 25.7 Å². The van der Waals surface area contributed by atoms with Gasteiger partial charge < -0.3 is 10.5 Å². The number of rotatable bonds is 6. The lowest BCUT2D eigenvalue weighted by atomic mass is 9.85. The molecule has 7 heteroatoms. The molecule has 0 spiro atoms. The summed E-state index contributed by atoms with van der Waals surface area (Å²) in [5.74, 6) is 0.855. The standard InChI is InChI=1S/C15H23BrN2O3S/c1-2-21-15-8-7-12(9-13(15)16)22(19,20)18-14-6-4-3-5-11(14)10-17/h7-9,11,14,18H,2-6,10,17H2,1H3. The third kappa shape index (κ3) is 4.22. The molecule has 0 bridgehead atoms. The first-order valence-electron chi connectivity index (χ1n) is 7.62. The van der Waals surface area contributed by atoms with E-state index in [1.807, 2.05) is 6.92 Å². The second kappa shape index (κ2) is 7.77. The summed E-state index contributed by atoms with van der Waals surface area (Å²) in [5, 5.41) is 0. The molecule has 1 fully saturated rings. The molecule has 124 valence electrons. The maximum atomic E-state index is 12.6. The molecule has 22 heavy (non-hydrogen) atoms. The first-order valence-corrected chi connectivity index (χ1v) is 9.90. The number of sulfonamides is 1. The van der Waals surface area contributed by atoms with Gasteiger partial charge in [0, 0.05) is 6.04 Å². The Morgan fingerprint density at radius 2 is 2.09 bits per heavy atom. The monoisotopic (exact) mass is 390 g/mol. The van der Waals surface area contributed by atoms with Gasteiger partial charge in [-0.15, -0.1) is 0 Å². The number of halogens is 1. The Morgan fingerprint density at radius 3 is 2.73 bits per heavy atom. The summed E-state index contributed by atoms with van der Waals surface area (Å²) < 4.78 is 34.0. The number of nitrogens with two attached hydrogens (primary N) is 1. The zero-order chi connectivity index (χ0) is 16.2. The summed E-state index contributed by atoms with van der Waals surface area (Å²) in [4.78, 5) is 0.240. The van der Waals surface area contributed by atoms with Crippen LogP contribution in [0, 0.1) is 5.92 Å².